The van der Waals surface area contributed by atoms with Gasteiger partial charge in [-0.15, -0.1) is 0 Å². The maximum absolute atomic E-state index is 12.6. The summed E-state index contributed by atoms with van der Waals surface area (Å²) in [6.07, 6.45) is 0.930. The number of benzene rings is 1. The zero-order chi connectivity index (χ0) is 15.7. The molecule has 0 saturated carbocycles. The summed E-state index contributed by atoms with van der Waals surface area (Å²) in [5.41, 5.74) is 2.16. The van der Waals surface area contributed by atoms with Gasteiger partial charge in [0.05, 0.1) is 12.6 Å². The van der Waals surface area contributed by atoms with E-state index in [1.165, 1.54) is 5.56 Å². The topological polar surface area (TPSA) is 32.8 Å². The van der Waals surface area contributed by atoms with Crippen LogP contribution in [-0.2, 0) is 16.0 Å². The van der Waals surface area contributed by atoms with E-state index in [0.717, 1.165) is 12.1 Å². The first-order valence-electron chi connectivity index (χ1n) is 7.60. The zero-order valence-electron chi connectivity index (χ0n) is 12.5. The SMILES string of the molecule is CC1Cc2ccccc2N1C(=O)CN1CC[C@H](OC(F)F)C1. The van der Waals surface area contributed by atoms with E-state index in [1.54, 1.807) is 0 Å². The van der Waals surface area contributed by atoms with Crippen molar-refractivity contribution in [2.45, 2.75) is 38.5 Å². The molecule has 4 nitrogen and oxygen atoms in total. The van der Waals surface area contributed by atoms with Crippen molar-refractivity contribution in [3.63, 3.8) is 0 Å². The Morgan fingerprint density at radius 1 is 1.41 bits per heavy atom. The molecule has 0 radical (unpaired) electrons. The van der Waals surface area contributed by atoms with Crippen LogP contribution in [0.2, 0.25) is 0 Å². The zero-order valence-corrected chi connectivity index (χ0v) is 12.5. The summed E-state index contributed by atoms with van der Waals surface area (Å²) in [7, 11) is 0. The summed E-state index contributed by atoms with van der Waals surface area (Å²) in [5.74, 6) is 0.0233. The number of carbonyl (C=O) groups is 1. The lowest BCUT2D eigenvalue weighted by atomic mass is 10.1. The fraction of sp³-hybridized carbons (Fsp3) is 0.562. The third kappa shape index (κ3) is 3.13. The highest BCUT2D eigenvalue weighted by Gasteiger charge is 2.33. The van der Waals surface area contributed by atoms with E-state index in [0.29, 0.717) is 19.5 Å². The van der Waals surface area contributed by atoms with Gasteiger partial charge in [-0.25, -0.2) is 0 Å². The van der Waals surface area contributed by atoms with Gasteiger partial charge in [0, 0.05) is 24.8 Å². The maximum atomic E-state index is 12.6. The number of amides is 1. The Hall–Kier alpha value is -1.53. The Bertz CT molecular complexity index is 553. The van der Waals surface area contributed by atoms with Gasteiger partial charge in [-0.1, -0.05) is 18.2 Å². The molecule has 1 amide bonds. The Kier molecular flexibility index (Phi) is 4.40. The summed E-state index contributed by atoms with van der Waals surface area (Å²) in [4.78, 5) is 16.3. The van der Waals surface area contributed by atoms with Gasteiger partial charge in [0.15, 0.2) is 0 Å². The summed E-state index contributed by atoms with van der Waals surface area (Å²) < 4.78 is 29.0. The minimum Gasteiger partial charge on any atom is -0.318 e. The fourth-order valence-electron chi connectivity index (χ4n) is 3.41. The number of fused-ring (bicyclic) bond motifs is 1. The lowest BCUT2D eigenvalue weighted by molar-refractivity contribution is -0.158. The fourth-order valence-corrected chi connectivity index (χ4v) is 3.41. The minimum atomic E-state index is -2.74. The number of carbonyl (C=O) groups excluding carboxylic acids is 1. The van der Waals surface area contributed by atoms with Crippen LogP contribution in [0.1, 0.15) is 18.9 Å². The van der Waals surface area contributed by atoms with Gasteiger partial charge < -0.3 is 9.64 Å². The molecule has 1 unspecified atom stereocenters. The summed E-state index contributed by atoms with van der Waals surface area (Å²) in [6, 6.07) is 8.05. The molecular formula is C16H20F2N2O2. The molecule has 2 heterocycles. The molecule has 120 valence electrons. The first-order valence-corrected chi connectivity index (χ1v) is 7.60. The summed E-state index contributed by atoms with van der Waals surface area (Å²) in [6.45, 7) is 0.547. The van der Waals surface area contributed by atoms with Crippen LogP contribution in [0.4, 0.5) is 14.5 Å². The van der Waals surface area contributed by atoms with Gasteiger partial charge >= 0.3 is 6.61 Å². The molecule has 3 rings (SSSR count). The standard InChI is InChI=1S/C16H20F2N2O2/c1-11-8-12-4-2-3-5-14(12)20(11)15(21)10-19-7-6-13(9-19)22-16(17)18/h2-5,11,13,16H,6-10H2,1H3/t11?,13-/m0/s1. The van der Waals surface area contributed by atoms with Crippen LogP contribution < -0.4 is 4.90 Å². The highest BCUT2D eigenvalue weighted by atomic mass is 19.3. The number of ether oxygens (including phenoxy) is 1. The van der Waals surface area contributed by atoms with Crippen LogP contribution in [0.5, 0.6) is 0 Å². The number of hydrogen-bond acceptors (Lipinski definition) is 3. The van der Waals surface area contributed by atoms with E-state index in [1.807, 2.05) is 41.0 Å². The minimum absolute atomic E-state index is 0.0233. The number of likely N-dealkylation sites (tertiary alicyclic amines) is 1. The van der Waals surface area contributed by atoms with E-state index < -0.39 is 12.7 Å². The number of anilines is 1. The quantitative estimate of drug-likeness (QED) is 0.855. The average molecular weight is 310 g/mol. The Balaban J connectivity index is 1.61. The summed E-state index contributed by atoms with van der Waals surface area (Å²) >= 11 is 0. The monoisotopic (exact) mass is 310 g/mol. The second-order valence-corrected chi connectivity index (χ2v) is 5.99. The Labute approximate surface area is 128 Å². The van der Waals surface area contributed by atoms with Crippen molar-refractivity contribution in [3.8, 4) is 0 Å². The Morgan fingerprint density at radius 2 is 2.18 bits per heavy atom. The van der Waals surface area contributed by atoms with Crippen molar-refractivity contribution in [2.24, 2.45) is 0 Å². The number of para-hydroxylation sites is 1. The van der Waals surface area contributed by atoms with E-state index in [2.05, 4.69) is 4.74 Å². The van der Waals surface area contributed by atoms with Gasteiger partial charge in [0.25, 0.3) is 0 Å². The van der Waals surface area contributed by atoms with Crippen molar-refractivity contribution in [2.75, 3.05) is 24.5 Å². The molecule has 1 aromatic rings. The molecule has 6 heteroatoms. The molecule has 1 fully saturated rings. The highest BCUT2D eigenvalue weighted by molar-refractivity contribution is 5.97. The molecule has 0 bridgehead atoms. The number of rotatable bonds is 4. The number of halogens is 2. The smallest absolute Gasteiger partial charge is 0.318 e. The molecule has 22 heavy (non-hydrogen) atoms. The van der Waals surface area contributed by atoms with E-state index in [4.69, 9.17) is 0 Å². The van der Waals surface area contributed by atoms with Crippen LogP contribution in [0.3, 0.4) is 0 Å². The van der Waals surface area contributed by atoms with Crippen LogP contribution in [0.15, 0.2) is 24.3 Å². The molecule has 0 spiro atoms. The number of alkyl halides is 2. The van der Waals surface area contributed by atoms with Crippen molar-refractivity contribution in [1.82, 2.24) is 4.90 Å². The summed E-state index contributed by atoms with van der Waals surface area (Å²) in [5, 5.41) is 0. The molecule has 1 aromatic carbocycles. The van der Waals surface area contributed by atoms with Crippen molar-refractivity contribution in [1.29, 1.82) is 0 Å². The van der Waals surface area contributed by atoms with Gasteiger partial charge in [-0.05, 0) is 31.4 Å². The molecule has 0 aliphatic carbocycles. The van der Waals surface area contributed by atoms with E-state index in [-0.39, 0.29) is 18.5 Å². The van der Waals surface area contributed by atoms with Crippen LogP contribution >= 0.6 is 0 Å². The van der Waals surface area contributed by atoms with Crippen molar-refractivity contribution >= 4 is 11.6 Å². The van der Waals surface area contributed by atoms with Crippen LogP contribution in [0, 0.1) is 0 Å². The van der Waals surface area contributed by atoms with Crippen LogP contribution in [0.25, 0.3) is 0 Å². The molecule has 2 aliphatic rings. The largest absolute Gasteiger partial charge is 0.345 e. The van der Waals surface area contributed by atoms with E-state index >= 15 is 0 Å². The van der Waals surface area contributed by atoms with Gasteiger partial charge in [0.1, 0.15) is 0 Å². The molecule has 0 N–H and O–H groups in total. The maximum Gasteiger partial charge on any atom is 0.345 e. The van der Waals surface area contributed by atoms with Gasteiger partial charge in [-0.3, -0.25) is 9.69 Å². The predicted octanol–water partition coefficient (Wildman–Crippen LogP) is 2.28. The lowest BCUT2D eigenvalue weighted by Gasteiger charge is -2.25. The third-order valence-corrected chi connectivity index (χ3v) is 4.36. The lowest BCUT2D eigenvalue weighted by Crippen LogP contribution is -2.42. The molecule has 2 aliphatic heterocycles. The van der Waals surface area contributed by atoms with Gasteiger partial charge in [0.2, 0.25) is 5.91 Å². The van der Waals surface area contributed by atoms with Gasteiger partial charge in [-0.2, -0.15) is 8.78 Å². The van der Waals surface area contributed by atoms with Crippen molar-refractivity contribution < 1.29 is 18.3 Å². The highest BCUT2D eigenvalue weighted by Crippen LogP contribution is 2.32. The molecular weight excluding hydrogens is 290 g/mol. The normalized spacial score (nSPS) is 25.0. The third-order valence-electron chi connectivity index (χ3n) is 4.36. The predicted molar refractivity (Wildman–Crippen MR) is 79.0 cm³/mol. The Morgan fingerprint density at radius 3 is 2.95 bits per heavy atom. The van der Waals surface area contributed by atoms with E-state index in [9.17, 15) is 13.6 Å². The van der Waals surface area contributed by atoms with Crippen molar-refractivity contribution in [3.05, 3.63) is 29.8 Å². The number of nitrogens with zero attached hydrogens (tertiary/aromatic N) is 2. The first-order chi connectivity index (χ1) is 10.5. The molecule has 2 atom stereocenters. The molecule has 0 aromatic heterocycles. The first kappa shape index (κ1) is 15.4. The average Bonchev–Trinajstić information content (AvgIpc) is 3.01. The second-order valence-electron chi connectivity index (χ2n) is 5.99. The number of hydrogen-bond donors (Lipinski definition) is 0. The van der Waals surface area contributed by atoms with Crippen LogP contribution in [-0.4, -0.2) is 49.2 Å². The second kappa shape index (κ2) is 6.30. The molecule has 1 saturated heterocycles.